The summed E-state index contributed by atoms with van der Waals surface area (Å²) in [6.07, 6.45) is 1.62. The Labute approximate surface area is 110 Å². The first-order chi connectivity index (χ1) is 8.99. The molecule has 0 aliphatic rings. The van der Waals surface area contributed by atoms with Crippen molar-refractivity contribution in [1.82, 2.24) is 14.8 Å². The molecule has 1 N–H and O–H groups in total. The lowest BCUT2D eigenvalue weighted by Crippen LogP contribution is -2.12. The van der Waals surface area contributed by atoms with Crippen molar-refractivity contribution in [1.29, 1.82) is 0 Å². The van der Waals surface area contributed by atoms with Gasteiger partial charge in [-0.3, -0.25) is 10.1 Å². The summed E-state index contributed by atoms with van der Waals surface area (Å²) in [4.78, 5) is 10.4. The highest BCUT2D eigenvalue weighted by Crippen LogP contribution is 2.25. The molecule has 1 unspecified atom stereocenters. The first kappa shape index (κ1) is 13.0. The van der Waals surface area contributed by atoms with E-state index in [1.165, 1.54) is 12.1 Å². The topological polar surface area (TPSA) is 85.9 Å². The van der Waals surface area contributed by atoms with Gasteiger partial charge in [-0.1, -0.05) is 6.07 Å². The van der Waals surface area contributed by atoms with Crippen molar-refractivity contribution in [2.24, 2.45) is 7.05 Å². The zero-order valence-corrected chi connectivity index (χ0v) is 11.0. The van der Waals surface area contributed by atoms with E-state index in [1.807, 2.05) is 25.5 Å². The van der Waals surface area contributed by atoms with E-state index in [4.69, 9.17) is 0 Å². The van der Waals surface area contributed by atoms with E-state index >= 15 is 0 Å². The van der Waals surface area contributed by atoms with E-state index in [2.05, 4.69) is 15.5 Å². The molecule has 0 saturated carbocycles. The minimum atomic E-state index is -0.405. The standard InChI is InChI=1S/C12H15N5O2/c1-8-4-5-10(17(18)19)6-11(8)14-9(2)12-15-13-7-16(12)3/h4-7,9,14H,1-3H3. The third-order valence-corrected chi connectivity index (χ3v) is 2.94. The van der Waals surface area contributed by atoms with Crippen LogP contribution in [0.3, 0.4) is 0 Å². The molecule has 1 aromatic carbocycles. The fraction of sp³-hybridized carbons (Fsp3) is 0.333. The highest BCUT2D eigenvalue weighted by molar-refractivity contribution is 5.57. The normalized spacial score (nSPS) is 12.2. The third kappa shape index (κ3) is 2.70. The number of nitro groups is 1. The molecule has 0 fully saturated rings. The first-order valence-corrected chi connectivity index (χ1v) is 5.84. The number of hydrogen-bond acceptors (Lipinski definition) is 5. The summed E-state index contributed by atoms with van der Waals surface area (Å²) in [5.74, 6) is 0.769. The smallest absolute Gasteiger partial charge is 0.271 e. The predicted molar refractivity (Wildman–Crippen MR) is 70.9 cm³/mol. The number of rotatable bonds is 4. The van der Waals surface area contributed by atoms with E-state index in [9.17, 15) is 10.1 Å². The molecule has 1 atom stereocenters. The van der Waals surface area contributed by atoms with Crippen molar-refractivity contribution >= 4 is 11.4 Å². The molecule has 19 heavy (non-hydrogen) atoms. The summed E-state index contributed by atoms with van der Waals surface area (Å²) in [6.45, 7) is 3.83. The second kappa shape index (κ2) is 5.05. The molecule has 0 aliphatic heterocycles. The molecular weight excluding hydrogens is 246 g/mol. The lowest BCUT2D eigenvalue weighted by atomic mass is 10.1. The van der Waals surface area contributed by atoms with E-state index < -0.39 is 4.92 Å². The molecule has 7 heteroatoms. The van der Waals surface area contributed by atoms with Crippen LogP contribution in [0.4, 0.5) is 11.4 Å². The largest absolute Gasteiger partial charge is 0.375 e. The lowest BCUT2D eigenvalue weighted by molar-refractivity contribution is -0.384. The van der Waals surface area contributed by atoms with Crippen LogP contribution < -0.4 is 5.32 Å². The van der Waals surface area contributed by atoms with Gasteiger partial charge in [0, 0.05) is 24.9 Å². The Hall–Kier alpha value is -2.44. The molecule has 0 aliphatic carbocycles. The summed E-state index contributed by atoms with van der Waals surface area (Å²) >= 11 is 0. The van der Waals surface area contributed by atoms with Gasteiger partial charge < -0.3 is 9.88 Å². The Bertz CT molecular complexity index is 608. The minimum Gasteiger partial charge on any atom is -0.375 e. The number of nitrogens with zero attached hydrogens (tertiary/aromatic N) is 4. The third-order valence-electron chi connectivity index (χ3n) is 2.94. The number of aryl methyl sites for hydroxylation is 2. The van der Waals surface area contributed by atoms with Crippen molar-refractivity contribution in [2.45, 2.75) is 19.9 Å². The number of anilines is 1. The van der Waals surface area contributed by atoms with Crippen LogP contribution in [0.15, 0.2) is 24.5 Å². The summed E-state index contributed by atoms with van der Waals surface area (Å²) in [5.41, 5.74) is 1.74. The molecule has 0 saturated heterocycles. The van der Waals surface area contributed by atoms with Gasteiger partial charge in [0.05, 0.1) is 11.0 Å². The maximum absolute atomic E-state index is 10.8. The molecule has 2 aromatic rings. The second-order valence-electron chi connectivity index (χ2n) is 4.42. The summed E-state index contributed by atoms with van der Waals surface area (Å²) in [5, 5.41) is 21.8. The minimum absolute atomic E-state index is 0.0678. The molecule has 0 radical (unpaired) electrons. The Kier molecular flexibility index (Phi) is 3.46. The van der Waals surface area contributed by atoms with Gasteiger partial charge in [0.2, 0.25) is 0 Å². The Balaban J connectivity index is 2.26. The fourth-order valence-electron chi connectivity index (χ4n) is 1.86. The zero-order valence-electron chi connectivity index (χ0n) is 11.0. The molecule has 1 aromatic heterocycles. The van der Waals surface area contributed by atoms with Gasteiger partial charge in [-0.05, 0) is 19.4 Å². The second-order valence-corrected chi connectivity index (χ2v) is 4.42. The monoisotopic (exact) mass is 261 g/mol. The van der Waals surface area contributed by atoms with E-state index in [0.29, 0.717) is 0 Å². The first-order valence-electron chi connectivity index (χ1n) is 5.84. The van der Waals surface area contributed by atoms with Crippen molar-refractivity contribution in [3.63, 3.8) is 0 Å². The van der Waals surface area contributed by atoms with Crippen molar-refractivity contribution in [2.75, 3.05) is 5.32 Å². The van der Waals surface area contributed by atoms with Gasteiger partial charge in [0.25, 0.3) is 5.69 Å². The van der Waals surface area contributed by atoms with Gasteiger partial charge in [-0.25, -0.2) is 0 Å². The maximum atomic E-state index is 10.8. The maximum Gasteiger partial charge on any atom is 0.271 e. The van der Waals surface area contributed by atoms with E-state index in [0.717, 1.165) is 17.1 Å². The molecule has 100 valence electrons. The molecular formula is C12H15N5O2. The van der Waals surface area contributed by atoms with Crippen molar-refractivity contribution in [3.8, 4) is 0 Å². The lowest BCUT2D eigenvalue weighted by Gasteiger charge is -2.16. The van der Waals surface area contributed by atoms with Crippen molar-refractivity contribution in [3.05, 3.63) is 46.0 Å². The number of aromatic nitrogens is 3. The van der Waals surface area contributed by atoms with Gasteiger partial charge in [0.1, 0.15) is 6.33 Å². The zero-order chi connectivity index (χ0) is 14.0. The molecule has 0 amide bonds. The number of nitrogens with one attached hydrogen (secondary N) is 1. The fourth-order valence-corrected chi connectivity index (χ4v) is 1.86. The Morgan fingerprint density at radius 1 is 1.47 bits per heavy atom. The Morgan fingerprint density at radius 2 is 2.21 bits per heavy atom. The van der Waals surface area contributed by atoms with Crippen LogP contribution in [0.1, 0.15) is 24.4 Å². The molecule has 1 heterocycles. The summed E-state index contributed by atoms with van der Waals surface area (Å²) in [6, 6.07) is 4.66. The van der Waals surface area contributed by atoms with Gasteiger partial charge in [0.15, 0.2) is 5.82 Å². The highest BCUT2D eigenvalue weighted by atomic mass is 16.6. The quantitative estimate of drug-likeness (QED) is 0.673. The van der Waals surface area contributed by atoms with Crippen LogP contribution in [-0.2, 0) is 7.05 Å². The van der Waals surface area contributed by atoms with Crippen LogP contribution in [0.5, 0.6) is 0 Å². The van der Waals surface area contributed by atoms with Gasteiger partial charge in [-0.2, -0.15) is 0 Å². The SMILES string of the molecule is Cc1ccc([N+](=O)[O-])cc1NC(C)c1nncn1C. The number of nitro benzene ring substituents is 1. The number of benzene rings is 1. The molecule has 0 spiro atoms. The van der Waals surface area contributed by atoms with Crippen LogP contribution in [0.2, 0.25) is 0 Å². The van der Waals surface area contributed by atoms with Crippen LogP contribution in [0.25, 0.3) is 0 Å². The molecule has 7 nitrogen and oxygen atoms in total. The van der Waals surface area contributed by atoms with Crippen LogP contribution in [-0.4, -0.2) is 19.7 Å². The van der Waals surface area contributed by atoms with Gasteiger partial charge in [-0.15, -0.1) is 10.2 Å². The molecule has 0 bridgehead atoms. The molecule has 2 rings (SSSR count). The van der Waals surface area contributed by atoms with Crippen LogP contribution in [0, 0.1) is 17.0 Å². The van der Waals surface area contributed by atoms with Crippen molar-refractivity contribution < 1.29 is 4.92 Å². The van der Waals surface area contributed by atoms with Crippen LogP contribution >= 0.6 is 0 Å². The summed E-state index contributed by atoms with van der Waals surface area (Å²) < 4.78 is 1.81. The average Bonchev–Trinajstić information content (AvgIpc) is 2.78. The number of non-ortho nitro benzene ring substituents is 1. The Morgan fingerprint density at radius 3 is 2.79 bits per heavy atom. The van der Waals surface area contributed by atoms with E-state index in [-0.39, 0.29) is 11.7 Å². The number of hydrogen-bond donors (Lipinski definition) is 1. The highest BCUT2D eigenvalue weighted by Gasteiger charge is 2.14. The predicted octanol–water partition coefficient (Wildman–Crippen LogP) is 2.20. The van der Waals surface area contributed by atoms with Gasteiger partial charge >= 0.3 is 0 Å². The summed E-state index contributed by atoms with van der Waals surface area (Å²) in [7, 11) is 1.85. The van der Waals surface area contributed by atoms with E-state index in [1.54, 1.807) is 12.4 Å². The average molecular weight is 261 g/mol.